The summed E-state index contributed by atoms with van der Waals surface area (Å²) < 4.78 is 5.48. The van der Waals surface area contributed by atoms with Crippen LogP contribution < -0.4 is 5.73 Å². The Hall–Kier alpha value is -0.120. The topological polar surface area (TPSA) is 38.5 Å². The van der Waals surface area contributed by atoms with Gasteiger partial charge in [0.15, 0.2) is 0 Å². The monoisotopic (exact) mass is 158 g/mol. The van der Waals surface area contributed by atoms with Crippen molar-refractivity contribution in [2.24, 2.45) is 5.73 Å². The number of nitrogens with two attached hydrogens (primary N) is 1. The Morgan fingerprint density at radius 2 is 2.18 bits per heavy atom. The molecule has 1 rings (SSSR count). The van der Waals surface area contributed by atoms with E-state index in [1.807, 2.05) is 6.92 Å². The van der Waals surface area contributed by atoms with Crippen LogP contribution in [0.5, 0.6) is 0 Å². The van der Waals surface area contributed by atoms with Crippen LogP contribution in [-0.2, 0) is 4.74 Å². The Morgan fingerprint density at radius 3 is 2.64 bits per heavy atom. The fourth-order valence-electron chi connectivity index (χ4n) is 1.53. The molecule has 1 heterocycles. The number of ether oxygens (including phenoxy) is 1. The number of hydrogen-bond acceptors (Lipinski definition) is 3. The van der Waals surface area contributed by atoms with Crippen LogP contribution in [0.2, 0.25) is 0 Å². The Labute approximate surface area is 68.5 Å². The van der Waals surface area contributed by atoms with Crippen LogP contribution >= 0.6 is 0 Å². The normalized spacial score (nSPS) is 33.0. The summed E-state index contributed by atoms with van der Waals surface area (Å²) in [6.45, 7) is 8.02. The fraction of sp³-hybridized carbons (Fsp3) is 1.00. The van der Waals surface area contributed by atoms with Crippen LogP contribution in [0.1, 0.15) is 13.8 Å². The lowest BCUT2D eigenvalue weighted by Gasteiger charge is -2.13. The largest absolute Gasteiger partial charge is 0.376 e. The molecule has 0 bridgehead atoms. The summed E-state index contributed by atoms with van der Waals surface area (Å²) >= 11 is 0. The average molecular weight is 158 g/mol. The molecule has 0 aromatic carbocycles. The van der Waals surface area contributed by atoms with E-state index in [1.165, 1.54) is 0 Å². The summed E-state index contributed by atoms with van der Waals surface area (Å²) in [6, 6.07) is 0.217. The van der Waals surface area contributed by atoms with Crippen LogP contribution in [0.15, 0.2) is 0 Å². The second-order valence-electron chi connectivity index (χ2n) is 3.01. The maximum atomic E-state index is 5.86. The first-order valence-corrected chi connectivity index (χ1v) is 4.37. The first-order valence-electron chi connectivity index (χ1n) is 4.37. The third-order valence-electron chi connectivity index (χ3n) is 2.21. The summed E-state index contributed by atoms with van der Waals surface area (Å²) in [4.78, 5) is 2.32. The van der Waals surface area contributed by atoms with Gasteiger partial charge in [0.1, 0.15) is 0 Å². The van der Waals surface area contributed by atoms with Gasteiger partial charge in [0.25, 0.3) is 0 Å². The van der Waals surface area contributed by atoms with Gasteiger partial charge >= 0.3 is 0 Å². The SMILES string of the molecule is CCO[C@H]1CN(CC)C[C@H]1N. The zero-order chi connectivity index (χ0) is 8.27. The van der Waals surface area contributed by atoms with Gasteiger partial charge in [-0.3, -0.25) is 4.90 Å². The van der Waals surface area contributed by atoms with Crippen LogP contribution in [0, 0.1) is 0 Å². The van der Waals surface area contributed by atoms with E-state index in [-0.39, 0.29) is 12.1 Å². The summed E-state index contributed by atoms with van der Waals surface area (Å²) in [6.07, 6.45) is 0.264. The van der Waals surface area contributed by atoms with Crippen molar-refractivity contribution in [2.45, 2.75) is 26.0 Å². The van der Waals surface area contributed by atoms with Crippen LogP contribution in [0.25, 0.3) is 0 Å². The van der Waals surface area contributed by atoms with Gasteiger partial charge in [0, 0.05) is 25.7 Å². The summed E-state index contributed by atoms with van der Waals surface area (Å²) in [7, 11) is 0. The number of hydrogen-bond donors (Lipinski definition) is 1. The molecule has 1 fully saturated rings. The van der Waals surface area contributed by atoms with E-state index in [1.54, 1.807) is 0 Å². The number of likely N-dealkylation sites (N-methyl/N-ethyl adjacent to an activating group) is 1. The molecule has 0 spiro atoms. The van der Waals surface area contributed by atoms with Crippen molar-refractivity contribution >= 4 is 0 Å². The number of likely N-dealkylation sites (tertiary alicyclic amines) is 1. The highest BCUT2D eigenvalue weighted by atomic mass is 16.5. The van der Waals surface area contributed by atoms with Gasteiger partial charge in [-0.15, -0.1) is 0 Å². The smallest absolute Gasteiger partial charge is 0.0864 e. The van der Waals surface area contributed by atoms with E-state index in [0.29, 0.717) is 0 Å². The van der Waals surface area contributed by atoms with Crippen molar-refractivity contribution in [1.82, 2.24) is 4.90 Å². The number of nitrogens with zero attached hydrogens (tertiary/aromatic N) is 1. The molecule has 3 heteroatoms. The van der Waals surface area contributed by atoms with E-state index in [4.69, 9.17) is 10.5 Å². The lowest BCUT2D eigenvalue weighted by Crippen LogP contribution is -2.35. The molecule has 2 N–H and O–H groups in total. The second-order valence-corrected chi connectivity index (χ2v) is 3.01. The zero-order valence-corrected chi connectivity index (χ0v) is 7.42. The first-order chi connectivity index (χ1) is 5.27. The maximum absolute atomic E-state index is 5.86. The molecule has 1 aliphatic rings. The third-order valence-corrected chi connectivity index (χ3v) is 2.21. The maximum Gasteiger partial charge on any atom is 0.0864 e. The van der Waals surface area contributed by atoms with E-state index in [2.05, 4.69) is 11.8 Å². The minimum atomic E-state index is 0.217. The van der Waals surface area contributed by atoms with Crippen molar-refractivity contribution < 1.29 is 4.74 Å². The van der Waals surface area contributed by atoms with Crippen molar-refractivity contribution in [3.05, 3.63) is 0 Å². The highest BCUT2D eigenvalue weighted by Crippen LogP contribution is 2.10. The molecule has 1 saturated heterocycles. The summed E-state index contributed by atoms with van der Waals surface area (Å²) in [5.74, 6) is 0. The molecular weight excluding hydrogens is 140 g/mol. The lowest BCUT2D eigenvalue weighted by molar-refractivity contribution is 0.0607. The quantitative estimate of drug-likeness (QED) is 0.631. The van der Waals surface area contributed by atoms with Crippen molar-refractivity contribution in [1.29, 1.82) is 0 Å². The highest BCUT2D eigenvalue weighted by molar-refractivity contribution is 4.87. The lowest BCUT2D eigenvalue weighted by atomic mass is 10.2. The van der Waals surface area contributed by atoms with E-state index >= 15 is 0 Å². The Bertz CT molecular complexity index is 119. The van der Waals surface area contributed by atoms with Gasteiger partial charge < -0.3 is 10.5 Å². The molecule has 0 unspecified atom stereocenters. The van der Waals surface area contributed by atoms with Gasteiger partial charge in [-0.05, 0) is 13.5 Å². The number of rotatable bonds is 3. The molecule has 3 nitrogen and oxygen atoms in total. The predicted molar refractivity (Wildman–Crippen MR) is 45.5 cm³/mol. The first kappa shape index (κ1) is 8.97. The van der Waals surface area contributed by atoms with Gasteiger partial charge in [0.2, 0.25) is 0 Å². The van der Waals surface area contributed by atoms with Gasteiger partial charge in [-0.1, -0.05) is 6.92 Å². The van der Waals surface area contributed by atoms with Gasteiger partial charge in [-0.2, -0.15) is 0 Å². The molecule has 0 aromatic rings. The molecule has 0 aromatic heterocycles. The van der Waals surface area contributed by atoms with E-state index in [9.17, 15) is 0 Å². The molecule has 0 saturated carbocycles. The van der Waals surface area contributed by atoms with Crippen molar-refractivity contribution in [3.8, 4) is 0 Å². The zero-order valence-electron chi connectivity index (χ0n) is 7.42. The van der Waals surface area contributed by atoms with Crippen LogP contribution in [-0.4, -0.2) is 43.3 Å². The van der Waals surface area contributed by atoms with Crippen molar-refractivity contribution in [2.75, 3.05) is 26.2 Å². The molecule has 0 amide bonds. The highest BCUT2D eigenvalue weighted by Gasteiger charge is 2.28. The van der Waals surface area contributed by atoms with E-state index < -0.39 is 0 Å². The minimum absolute atomic E-state index is 0.217. The van der Waals surface area contributed by atoms with Crippen LogP contribution in [0.3, 0.4) is 0 Å². The molecule has 0 radical (unpaired) electrons. The molecule has 11 heavy (non-hydrogen) atoms. The molecule has 66 valence electrons. The predicted octanol–water partition coefficient (Wildman–Crippen LogP) is 0.0543. The fourth-order valence-corrected chi connectivity index (χ4v) is 1.53. The Kier molecular flexibility index (Phi) is 3.30. The van der Waals surface area contributed by atoms with Gasteiger partial charge in [-0.25, -0.2) is 0 Å². The summed E-state index contributed by atoms with van der Waals surface area (Å²) in [5, 5.41) is 0. The minimum Gasteiger partial charge on any atom is -0.376 e. The standard InChI is InChI=1S/C8H18N2O/c1-3-10-5-7(9)8(6-10)11-4-2/h7-8H,3-6,9H2,1-2H3/t7-,8+/m1/s1. The molecule has 1 aliphatic heterocycles. The Balaban J connectivity index is 2.32. The van der Waals surface area contributed by atoms with Gasteiger partial charge in [0.05, 0.1) is 6.10 Å². The third kappa shape index (κ3) is 2.15. The molecular formula is C8H18N2O. The Morgan fingerprint density at radius 1 is 1.45 bits per heavy atom. The van der Waals surface area contributed by atoms with Crippen LogP contribution in [0.4, 0.5) is 0 Å². The van der Waals surface area contributed by atoms with Crippen molar-refractivity contribution in [3.63, 3.8) is 0 Å². The second kappa shape index (κ2) is 4.04. The van der Waals surface area contributed by atoms with E-state index in [0.717, 1.165) is 26.2 Å². The molecule has 2 atom stereocenters. The molecule has 0 aliphatic carbocycles. The average Bonchev–Trinajstić information content (AvgIpc) is 2.33. The summed E-state index contributed by atoms with van der Waals surface area (Å²) in [5.41, 5.74) is 5.86.